The van der Waals surface area contributed by atoms with E-state index in [9.17, 15) is 0 Å². The molecule has 0 radical (unpaired) electrons. The van der Waals surface area contributed by atoms with Gasteiger partial charge < -0.3 is 4.48 Å². The van der Waals surface area contributed by atoms with Crippen molar-refractivity contribution in [3.05, 3.63) is 84.9 Å². The minimum Gasteiger partial charge on any atom is -0.324 e. The lowest BCUT2D eigenvalue weighted by atomic mass is 10.1. The predicted molar refractivity (Wildman–Crippen MR) is 155 cm³/mol. The highest BCUT2D eigenvalue weighted by Gasteiger charge is 2.22. The molecule has 0 amide bonds. The second-order valence-corrected chi connectivity index (χ2v) is 8.12. The van der Waals surface area contributed by atoms with Crippen molar-refractivity contribution >= 4 is 12.2 Å². The Bertz CT molecular complexity index is 579. The maximum Gasteiger partial charge on any atom is 0.0786 e. The second-order valence-electron chi connectivity index (χ2n) is 8.12. The molecule has 2 rings (SSSR count). The lowest BCUT2D eigenvalue weighted by Gasteiger charge is -2.38. The van der Waals surface area contributed by atoms with Crippen molar-refractivity contribution in [3.8, 4) is 0 Å². The Labute approximate surface area is 207 Å². The first kappa shape index (κ1) is 33.1. The average molecular weight is 453 g/mol. The highest BCUT2D eigenvalue weighted by Crippen LogP contribution is 2.14. The Morgan fingerprint density at radius 2 is 0.879 bits per heavy atom. The number of nitrogens with zero attached hydrogens (tertiary/aromatic N) is 1. The third kappa shape index (κ3) is 18.0. The van der Waals surface area contributed by atoms with Crippen molar-refractivity contribution in [1.82, 2.24) is 0 Å². The summed E-state index contributed by atoms with van der Waals surface area (Å²) in [5, 5.41) is 0. The van der Waals surface area contributed by atoms with Gasteiger partial charge in [-0.1, -0.05) is 140 Å². The molecule has 0 saturated heterocycles. The average Bonchev–Trinajstić information content (AvgIpc) is 2.91. The fourth-order valence-electron chi connectivity index (χ4n) is 3.47. The summed E-state index contributed by atoms with van der Waals surface area (Å²) in [7, 11) is 0. The van der Waals surface area contributed by atoms with Crippen LogP contribution >= 0.6 is 0 Å². The molecule has 0 spiro atoms. The SMILES string of the molecule is C=Cc1ccccc1.C=Cc1ccccc1.CC.CCCC[N+](CC)(CCCC)CCCC. The van der Waals surface area contributed by atoms with Crippen molar-refractivity contribution in [1.29, 1.82) is 0 Å². The molecule has 0 atom stereocenters. The van der Waals surface area contributed by atoms with E-state index in [0.717, 1.165) is 0 Å². The Morgan fingerprint density at radius 3 is 1.06 bits per heavy atom. The molecule has 0 bridgehead atoms. The monoisotopic (exact) mass is 452 g/mol. The number of rotatable bonds is 12. The predicted octanol–water partition coefficient (Wildman–Crippen LogP) is 9.91. The summed E-state index contributed by atoms with van der Waals surface area (Å²) in [6.07, 6.45) is 11.9. The van der Waals surface area contributed by atoms with E-state index in [1.165, 1.54) is 80.3 Å². The fourth-order valence-corrected chi connectivity index (χ4v) is 3.47. The maximum absolute atomic E-state index is 3.63. The first-order chi connectivity index (χ1) is 16.1. The van der Waals surface area contributed by atoms with E-state index >= 15 is 0 Å². The van der Waals surface area contributed by atoms with E-state index in [2.05, 4.69) is 40.9 Å². The molecular formula is C32H54N+. The lowest BCUT2D eigenvalue weighted by Crippen LogP contribution is -2.49. The minimum atomic E-state index is 1.17. The van der Waals surface area contributed by atoms with E-state index in [-0.39, 0.29) is 0 Å². The molecule has 0 heterocycles. The summed E-state index contributed by atoms with van der Waals surface area (Å²) in [5.41, 5.74) is 2.35. The number of hydrogen-bond donors (Lipinski definition) is 0. The molecule has 0 unspecified atom stereocenters. The second kappa shape index (κ2) is 24.5. The van der Waals surface area contributed by atoms with Crippen molar-refractivity contribution < 1.29 is 4.48 Å². The Morgan fingerprint density at radius 1 is 0.576 bits per heavy atom. The zero-order valence-electron chi connectivity index (χ0n) is 22.9. The Hall–Kier alpha value is -2.12. The molecule has 2 aromatic carbocycles. The minimum absolute atomic E-state index is 1.17. The third-order valence-electron chi connectivity index (χ3n) is 5.70. The molecule has 0 aliphatic carbocycles. The molecule has 1 nitrogen and oxygen atoms in total. The van der Waals surface area contributed by atoms with Crippen LogP contribution in [0.3, 0.4) is 0 Å². The van der Waals surface area contributed by atoms with Crippen LogP contribution in [0.1, 0.15) is 91.2 Å². The Balaban J connectivity index is 0. The van der Waals surface area contributed by atoms with Crippen LogP contribution in [-0.4, -0.2) is 30.7 Å². The van der Waals surface area contributed by atoms with Gasteiger partial charge in [0.1, 0.15) is 0 Å². The van der Waals surface area contributed by atoms with Gasteiger partial charge in [0.15, 0.2) is 0 Å². The van der Waals surface area contributed by atoms with Crippen molar-refractivity contribution in [2.24, 2.45) is 0 Å². The lowest BCUT2D eigenvalue weighted by molar-refractivity contribution is -0.927. The van der Waals surface area contributed by atoms with Crippen LogP contribution in [0.25, 0.3) is 12.2 Å². The van der Waals surface area contributed by atoms with E-state index in [0.29, 0.717) is 0 Å². The fraction of sp³-hybridized carbons (Fsp3) is 0.500. The standard InChI is InChI=1S/C14H32N.2C8H8.C2H6/c1-5-9-12-15(8-4,13-10-6-2)14-11-7-3;2*1-2-8-6-4-3-5-7-8;1-2/h5-14H2,1-4H3;2*2-7H,1H2;1-2H3/q+1;;;. The molecule has 2 aromatic rings. The number of hydrogen-bond acceptors (Lipinski definition) is 0. The summed E-state index contributed by atoms with van der Waals surface area (Å²) in [6.45, 7) is 26.1. The Kier molecular flexibility index (Phi) is 24.6. The van der Waals surface area contributed by atoms with E-state index < -0.39 is 0 Å². The van der Waals surface area contributed by atoms with Gasteiger partial charge in [-0.2, -0.15) is 0 Å². The molecule has 0 N–H and O–H groups in total. The van der Waals surface area contributed by atoms with E-state index in [4.69, 9.17) is 0 Å². The van der Waals surface area contributed by atoms with Gasteiger partial charge in [0.05, 0.1) is 26.2 Å². The number of unbranched alkanes of at least 4 members (excludes halogenated alkanes) is 3. The van der Waals surface area contributed by atoms with Crippen molar-refractivity contribution in [2.75, 3.05) is 26.2 Å². The van der Waals surface area contributed by atoms with Crippen molar-refractivity contribution in [3.63, 3.8) is 0 Å². The van der Waals surface area contributed by atoms with Crippen LogP contribution in [0.15, 0.2) is 73.8 Å². The quantitative estimate of drug-likeness (QED) is 0.281. The topological polar surface area (TPSA) is 0 Å². The van der Waals surface area contributed by atoms with Crippen LogP contribution in [0.4, 0.5) is 0 Å². The molecular weight excluding hydrogens is 398 g/mol. The van der Waals surface area contributed by atoms with Gasteiger partial charge in [-0.25, -0.2) is 0 Å². The maximum atomic E-state index is 3.63. The van der Waals surface area contributed by atoms with Gasteiger partial charge in [0.2, 0.25) is 0 Å². The molecule has 0 aromatic heterocycles. The molecule has 1 heteroatoms. The van der Waals surface area contributed by atoms with Crippen LogP contribution in [0.2, 0.25) is 0 Å². The summed E-state index contributed by atoms with van der Waals surface area (Å²) < 4.78 is 1.38. The van der Waals surface area contributed by atoms with Crippen molar-refractivity contribution in [2.45, 2.75) is 80.1 Å². The van der Waals surface area contributed by atoms with Crippen LogP contribution in [0.5, 0.6) is 0 Å². The summed E-state index contributed by atoms with van der Waals surface area (Å²) in [4.78, 5) is 0. The van der Waals surface area contributed by atoms with E-state index in [1.807, 2.05) is 86.7 Å². The summed E-state index contributed by atoms with van der Waals surface area (Å²) in [6, 6.07) is 20.1. The van der Waals surface area contributed by atoms with Crippen LogP contribution in [-0.2, 0) is 0 Å². The summed E-state index contributed by atoms with van der Waals surface area (Å²) in [5.74, 6) is 0. The highest BCUT2D eigenvalue weighted by molar-refractivity contribution is 5.46. The molecule has 0 aliphatic rings. The third-order valence-corrected chi connectivity index (χ3v) is 5.70. The molecule has 186 valence electrons. The van der Waals surface area contributed by atoms with Gasteiger partial charge >= 0.3 is 0 Å². The molecule has 33 heavy (non-hydrogen) atoms. The number of quaternary nitrogens is 1. The molecule has 0 saturated carbocycles. The smallest absolute Gasteiger partial charge is 0.0786 e. The van der Waals surface area contributed by atoms with Crippen LogP contribution < -0.4 is 0 Å². The largest absolute Gasteiger partial charge is 0.324 e. The van der Waals surface area contributed by atoms with E-state index in [1.54, 1.807) is 0 Å². The van der Waals surface area contributed by atoms with Gasteiger partial charge in [0, 0.05) is 0 Å². The van der Waals surface area contributed by atoms with Gasteiger partial charge in [-0.15, -0.1) is 0 Å². The van der Waals surface area contributed by atoms with Gasteiger partial charge in [0.25, 0.3) is 0 Å². The first-order valence-electron chi connectivity index (χ1n) is 13.3. The zero-order valence-corrected chi connectivity index (χ0v) is 22.9. The number of benzene rings is 2. The van der Waals surface area contributed by atoms with Crippen LogP contribution in [0, 0.1) is 0 Å². The van der Waals surface area contributed by atoms with Gasteiger partial charge in [-0.3, -0.25) is 0 Å². The normalized spacial score (nSPS) is 9.76. The highest BCUT2D eigenvalue weighted by atomic mass is 15.3. The zero-order chi connectivity index (χ0) is 25.2. The van der Waals surface area contributed by atoms with Gasteiger partial charge in [-0.05, 0) is 37.3 Å². The summed E-state index contributed by atoms with van der Waals surface area (Å²) >= 11 is 0. The first-order valence-corrected chi connectivity index (χ1v) is 13.3. The molecule has 0 fully saturated rings. The molecule has 0 aliphatic heterocycles.